The van der Waals surface area contributed by atoms with Crippen molar-refractivity contribution in [2.45, 2.75) is 53.4 Å². The maximum atomic E-state index is 12.0. The summed E-state index contributed by atoms with van der Waals surface area (Å²) in [5, 5.41) is 2.88. The molecule has 0 saturated heterocycles. The number of hydrogen-bond donors (Lipinski definition) is 3. The normalized spacial score (nSPS) is 10.5. The number of aromatic amines is 1. The number of hydrogen-bond acceptors (Lipinski definition) is 4. The summed E-state index contributed by atoms with van der Waals surface area (Å²) < 4.78 is 0. The SMILES string of the molecule is Cc1c[nH]c(C)c1C(=O)NCCCCCC(=O)NOC(=O)C(C)C. The van der Waals surface area contributed by atoms with E-state index >= 15 is 0 Å². The standard InChI is InChI=1S/C17H27N3O4/c1-11(2)17(23)24-20-14(21)8-6-5-7-9-18-16(22)15-12(3)10-19-13(15)4/h10-11,19H,5-9H2,1-4H3,(H,18,22)(H,20,21). The van der Waals surface area contributed by atoms with Crippen LogP contribution in [-0.2, 0) is 14.4 Å². The van der Waals surface area contributed by atoms with Crippen LogP contribution in [0.5, 0.6) is 0 Å². The summed E-state index contributed by atoms with van der Waals surface area (Å²) in [4.78, 5) is 42.4. The van der Waals surface area contributed by atoms with Crippen molar-refractivity contribution < 1.29 is 19.2 Å². The Labute approximate surface area is 142 Å². The van der Waals surface area contributed by atoms with Crippen molar-refractivity contribution in [2.24, 2.45) is 5.92 Å². The molecule has 24 heavy (non-hydrogen) atoms. The first kappa shape index (κ1) is 19.7. The molecule has 0 bridgehead atoms. The molecule has 0 atom stereocenters. The summed E-state index contributed by atoms with van der Waals surface area (Å²) in [6, 6.07) is 0. The number of aryl methyl sites for hydroxylation is 2. The van der Waals surface area contributed by atoms with Gasteiger partial charge in [0.05, 0.1) is 11.5 Å². The number of carbonyl (C=O) groups is 3. The minimum Gasteiger partial charge on any atom is -0.364 e. The highest BCUT2D eigenvalue weighted by molar-refractivity contribution is 5.96. The number of hydroxylamine groups is 1. The summed E-state index contributed by atoms with van der Waals surface area (Å²) in [5.74, 6) is -1.13. The van der Waals surface area contributed by atoms with Gasteiger partial charge in [-0.25, -0.2) is 4.79 Å². The van der Waals surface area contributed by atoms with Crippen LogP contribution < -0.4 is 10.8 Å². The third-order valence-corrected chi connectivity index (χ3v) is 3.60. The summed E-state index contributed by atoms with van der Waals surface area (Å²) in [7, 11) is 0. The molecule has 0 aliphatic heterocycles. The van der Waals surface area contributed by atoms with Crippen LogP contribution in [0.15, 0.2) is 6.20 Å². The Hall–Kier alpha value is -2.31. The average molecular weight is 337 g/mol. The number of H-pyrrole nitrogens is 1. The molecule has 1 aromatic heterocycles. The number of nitrogens with one attached hydrogen (secondary N) is 3. The molecule has 3 N–H and O–H groups in total. The maximum absolute atomic E-state index is 12.0. The highest BCUT2D eigenvalue weighted by Gasteiger charge is 2.13. The largest absolute Gasteiger partial charge is 0.364 e. The molecule has 0 aromatic carbocycles. The Balaban J connectivity index is 2.11. The van der Waals surface area contributed by atoms with Crippen LogP contribution in [0.3, 0.4) is 0 Å². The second-order valence-corrected chi connectivity index (χ2v) is 6.14. The Kier molecular flexibility index (Phi) is 8.01. The third kappa shape index (κ3) is 6.44. The van der Waals surface area contributed by atoms with Crippen molar-refractivity contribution in [3.8, 4) is 0 Å². The molecular weight excluding hydrogens is 310 g/mol. The molecule has 0 aliphatic rings. The number of rotatable bonds is 8. The van der Waals surface area contributed by atoms with Gasteiger partial charge in [0.1, 0.15) is 0 Å². The van der Waals surface area contributed by atoms with Gasteiger partial charge >= 0.3 is 5.97 Å². The summed E-state index contributed by atoms with van der Waals surface area (Å²) in [5.41, 5.74) is 4.63. The monoisotopic (exact) mass is 337 g/mol. The summed E-state index contributed by atoms with van der Waals surface area (Å²) in [6.45, 7) is 7.71. The van der Waals surface area contributed by atoms with Gasteiger partial charge in [0.25, 0.3) is 11.8 Å². The zero-order valence-corrected chi connectivity index (χ0v) is 14.8. The first-order valence-corrected chi connectivity index (χ1v) is 8.25. The van der Waals surface area contributed by atoms with E-state index in [4.69, 9.17) is 0 Å². The van der Waals surface area contributed by atoms with E-state index in [-0.39, 0.29) is 24.2 Å². The number of amides is 2. The van der Waals surface area contributed by atoms with Crippen molar-refractivity contribution in [1.82, 2.24) is 15.8 Å². The van der Waals surface area contributed by atoms with Crippen molar-refractivity contribution in [3.63, 3.8) is 0 Å². The van der Waals surface area contributed by atoms with E-state index in [0.717, 1.165) is 24.1 Å². The molecular formula is C17H27N3O4. The molecule has 2 amide bonds. The predicted molar refractivity (Wildman–Crippen MR) is 90.1 cm³/mol. The van der Waals surface area contributed by atoms with Crippen LogP contribution in [0, 0.1) is 19.8 Å². The number of unbranched alkanes of at least 4 members (excludes halogenated alkanes) is 2. The van der Waals surface area contributed by atoms with Crippen molar-refractivity contribution >= 4 is 17.8 Å². The molecule has 0 aliphatic carbocycles. The van der Waals surface area contributed by atoms with Crippen LogP contribution in [0.25, 0.3) is 0 Å². The molecule has 0 fully saturated rings. The maximum Gasteiger partial charge on any atom is 0.334 e. The van der Waals surface area contributed by atoms with Crippen molar-refractivity contribution in [2.75, 3.05) is 6.54 Å². The Morgan fingerprint density at radius 1 is 1.17 bits per heavy atom. The molecule has 0 spiro atoms. The van der Waals surface area contributed by atoms with E-state index in [1.165, 1.54) is 0 Å². The molecule has 0 saturated carbocycles. The predicted octanol–water partition coefficient (Wildman–Crippen LogP) is 2.15. The van der Waals surface area contributed by atoms with Gasteiger partial charge in [-0.05, 0) is 32.3 Å². The number of aromatic nitrogens is 1. The topological polar surface area (TPSA) is 100 Å². The molecule has 0 radical (unpaired) electrons. The van der Waals surface area contributed by atoms with Crippen LogP contribution in [0.4, 0.5) is 0 Å². The second kappa shape index (κ2) is 9.75. The minimum atomic E-state index is -0.457. The van der Waals surface area contributed by atoms with E-state index in [1.54, 1.807) is 13.8 Å². The zero-order valence-electron chi connectivity index (χ0n) is 14.8. The average Bonchev–Trinajstić information content (AvgIpc) is 2.86. The summed E-state index contributed by atoms with van der Waals surface area (Å²) in [6.07, 6.45) is 4.36. The molecule has 1 rings (SSSR count). The quantitative estimate of drug-likeness (QED) is 0.500. The van der Waals surface area contributed by atoms with Gasteiger partial charge in [0.15, 0.2) is 0 Å². The third-order valence-electron chi connectivity index (χ3n) is 3.60. The van der Waals surface area contributed by atoms with Gasteiger partial charge in [0.2, 0.25) is 0 Å². The zero-order chi connectivity index (χ0) is 18.1. The van der Waals surface area contributed by atoms with E-state index in [0.29, 0.717) is 18.5 Å². The molecule has 1 heterocycles. The van der Waals surface area contributed by atoms with Crippen LogP contribution in [0.2, 0.25) is 0 Å². The molecule has 134 valence electrons. The van der Waals surface area contributed by atoms with E-state index in [2.05, 4.69) is 20.6 Å². The number of carbonyl (C=O) groups excluding carboxylic acids is 3. The van der Waals surface area contributed by atoms with Gasteiger partial charge in [-0.15, -0.1) is 0 Å². The van der Waals surface area contributed by atoms with Crippen molar-refractivity contribution in [1.29, 1.82) is 0 Å². The lowest BCUT2D eigenvalue weighted by Crippen LogP contribution is -2.29. The lowest BCUT2D eigenvalue weighted by Gasteiger charge is -2.08. The minimum absolute atomic E-state index is 0.0791. The van der Waals surface area contributed by atoms with Gasteiger partial charge in [0, 0.05) is 24.9 Å². The molecule has 7 heteroatoms. The Morgan fingerprint density at radius 3 is 2.46 bits per heavy atom. The van der Waals surface area contributed by atoms with Crippen LogP contribution in [-0.4, -0.2) is 29.3 Å². The smallest absolute Gasteiger partial charge is 0.334 e. The first-order valence-electron chi connectivity index (χ1n) is 8.25. The van der Waals surface area contributed by atoms with Crippen molar-refractivity contribution in [3.05, 3.63) is 23.0 Å². The van der Waals surface area contributed by atoms with Crippen LogP contribution >= 0.6 is 0 Å². The Morgan fingerprint density at radius 2 is 1.88 bits per heavy atom. The van der Waals surface area contributed by atoms with Crippen LogP contribution in [0.1, 0.15) is 61.1 Å². The lowest BCUT2D eigenvalue weighted by molar-refractivity contribution is -0.161. The molecule has 7 nitrogen and oxygen atoms in total. The van der Waals surface area contributed by atoms with E-state index in [1.807, 2.05) is 20.0 Å². The highest BCUT2D eigenvalue weighted by atomic mass is 16.7. The Bertz CT molecular complexity index is 559. The van der Waals surface area contributed by atoms with Gasteiger partial charge in [-0.2, -0.15) is 5.48 Å². The van der Waals surface area contributed by atoms with Gasteiger partial charge in [-0.1, -0.05) is 20.3 Å². The fourth-order valence-electron chi connectivity index (χ4n) is 2.16. The lowest BCUT2D eigenvalue weighted by atomic mass is 10.1. The van der Waals surface area contributed by atoms with E-state index in [9.17, 15) is 14.4 Å². The fourth-order valence-corrected chi connectivity index (χ4v) is 2.16. The summed E-state index contributed by atoms with van der Waals surface area (Å²) >= 11 is 0. The second-order valence-electron chi connectivity index (χ2n) is 6.14. The first-order chi connectivity index (χ1) is 11.3. The highest BCUT2D eigenvalue weighted by Crippen LogP contribution is 2.11. The molecule has 0 unspecified atom stereocenters. The fraction of sp³-hybridized carbons (Fsp3) is 0.588. The van der Waals surface area contributed by atoms with E-state index < -0.39 is 5.97 Å². The molecule has 1 aromatic rings. The van der Waals surface area contributed by atoms with Gasteiger partial charge in [-0.3, -0.25) is 9.59 Å². The van der Waals surface area contributed by atoms with Gasteiger partial charge < -0.3 is 15.1 Å².